The Balaban J connectivity index is 1.36. The van der Waals surface area contributed by atoms with Crippen LogP contribution in [0.5, 0.6) is 5.75 Å². The van der Waals surface area contributed by atoms with Gasteiger partial charge in [-0.1, -0.05) is 6.07 Å². The van der Waals surface area contributed by atoms with Crippen LogP contribution in [0.3, 0.4) is 0 Å². The Bertz CT molecular complexity index is 914. The number of nitrogens with two attached hydrogens (primary N) is 1. The van der Waals surface area contributed by atoms with Gasteiger partial charge in [-0.25, -0.2) is 0 Å². The molecule has 0 aliphatic carbocycles. The van der Waals surface area contributed by atoms with Crippen molar-refractivity contribution in [1.29, 1.82) is 0 Å². The number of nitrogens with one attached hydrogen (secondary N) is 1. The molecule has 0 amide bonds. The Labute approximate surface area is 173 Å². The second-order valence-electron chi connectivity index (χ2n) is 6.64. The molecule has 0 saturated carbocycles. The predicted molar refractivity (Wildman–Crippen MR) is 114 cm³/mol. The zero-order valence-corrected chi connectivity index (χ0v) is 16.9. The van der Waals surface area contributed by atoms with E-state index in [0.29, 0.717) is 24.7 Å². The summed E-state index contributed by atoms with van der Waals surface area (Å²) in [4.78, 5) is 10.9. The third-order valence-corrected chi connectivity index (χ3v) is 5.39. The summed E-state index contributed by atoms with van der Waals surface area (Å²) in [5.74, 6) is 1.48. The highest BCUT2D eigenvalue weighted by atomic mass is 32.1. The van der Waals surface area contributed by atoms with E-state index in [0.717, 1.165) is 54.9 Å². The lowest BCUT2D eigenvalue weighted by Gasteiger charge is -2.26. The number of morpholine rings is 1. The summed E-state index contributed by atoms with van der Waals surface area (Å²) >= 11 is 1.32. The van der Waals surface area contributed by atoms with Crippen LogP contribution in [0.2, 0.25) is 0 Å². The van der Waals surface area contributed by atoms with Crippen LogP contribution in [0, 0.1) is 0 Å². The minimum Gasteiger partial charge on any atom is -0.492 e. The van der Waals surface area contributed by atoms with Crippen molar-refractivity contribution in [2.24, 2.45) is 0 Å². The van der Waals surface area contributed by atoms with Crippen molar-refractivity contribution in [3.63, 3.8) is 0 Å². The van der Waals surface area contributed by atoms with Crippen LogP contribution < -0.4 is 15.8 Å². The van der Waals surface area contributed by atoms with Gasteiger partial charge in [-0.3, -0.25) is 9.88 Å². The average molecular weight is 413 g/mol. The molecule has 1 aliphatic heterocycles. The summed E-state index contributed by atoms with van der Waals surface area (Å²) in [6.45, 7) is 5.48. The fourth-order valence-electron chi connectivity index (χ4n) is 3.09. The summed E-state index contributed by atoms with van der Waals surface area (Å²) in [7, 11) is 0. The molecule has 0 atom stereocenters. The van der Waals surface area contributed by atoms with Gasteiger partial charge in [-0.15, -0.1) is 0 Å². The fraction of sp³-hybridized carbons (Fsp3) is 0.350. The maximum Gasteiger partial charge on any atom is 0.203 e. The second kappa shape index (κ2) is 9.64. The second-order valence-corrected chi connectivity index (χ2v) is 7.39. The smallest absolute Gasteiger partial charge is 0.203 e. The molecule has 4 rings (SSSR count). The van der Waals surface area contributed by atoms with Crippen molar-refractivity contribution < 1.29 is 9.47 Å². The van der Waals surface area contributed by atoms with E-state index in [-0.39, 0.29) is 0 Å². The molecule has 3 N–H and O–H groups in total. The van der Waals surface area contributed by atoms with Gasteiger partial charge < -0.3 is 20.5 Å². The summed E-state index contributed by atoms with van der Waals surface area (Å²) in [6.07, 6.45) is 3.46. The van der Waals surface area contributed by atoms with Crippen LogP contribution in [-0.2, 0) is 11.3 Å². The number of nitrogens with zero attached hydrogens (tertiary/aromatic N) is 4. The van der Waals surface area contributed by atoms with E-state index in [4.69, 9.17) is 15.2 Å². The van der Waals surface area contributed by atoms with Gasteiger partial charge in [0.2, 0.25) is 5.13 Å². The molecule has 1 fully saturated rings. The average Bonchev–Trinajstić information content (AvgIpc) is 3.24. The van der Waals surface area contributed by atoms with Gasteiger partial charge in [-0.05, 0) is 24.3 Å². The molecule has 0 radical (unpaired) electrons. The Morgan fingerprint density at radius 3 is 2.83 bits per heavy atom. The molecule has 8 nitrogen and oxygen atoms in total. The zero-order valence-electron chi connectivity index (χ0n) is 16.1. The minimum absolute atomic E-state index is 0.518. The van der Waals surface area contributed by atoms with Gasteiger partial charge in [0.25, 0.3) is 0 Å². The van der Waals surface area contributed by atoms with Gasteiger partial charge in [0.15, 0.2) is 5.82 Å². The van der Waals surface area contributed by atoms with Crippen LogP contribution in [0.1, 0.15) is 5.56 Å². The van der Waals surface area contributed by atoms with Gasteiger partial charge in [0, 0.05) is 66.9 Å². The number of hydrogen-bond donors (Lipinski definition) is 2. The summed E-state index contributed by atoms with van der Waals surface area (Å²) in [5, 5.41) is 4.05. The molecule has 152 valence electrons. The number of aromatic nitrogens is 3. The largest absolute Gasteiger partial charge is 0.492 e. The van der Waals surface area contributed by atoms with Gasteiger partial charge in [0.1, 0.15) is 12.4 Å². The normalized spacial score (nSPS) is 14.6. The lowest BCUT2D eigenvalue weighted by atomic mass is 10.1. The molecule has 29 heavy (non-hydrogen) atoms. The summed E-state index contributed by atoms with van der Waals surface area (Å²) < 4.78 is 15.8. The molecule has 1 aliphatic rings. The molecule has 0 spiro atoms. The fourth-order valence-corrected chi connectivity index (χ4v) is 3.68. The first-order valence-electron chi connectivity index (χ1n) is 9.58. The van der Waals surface area contributed by atoms with Crippen molar-refractivity contribution in [3.8, 4) is 17.1 Å². The zero-order chi connectivity index (χ0) is 19.9. The molecule has 2 aromatic heterocycles. The minimum atomic E-state index is 0.518. The van der Waals surface area contributed by atoms with E-state index in [1.54, 1.807) is 12.4 Å². The number of hydrogen-bond acceptors (Lipinski definition) is 9. The molecule has 0 unspecified atom stereocenters. The Hall–Kier alpha value is -2.75. The van der Waals surface area contributed by atoms with Gasteiger partial charge >= 0.3 is 0 Å². The molecule has 1 saturated heterocycles. The van der Waals surface area contributed by atoms with Gasteiger partial charge in [-0.2, -0.15) is 9.36 Å². The standard InChI is InChI=1S/C20H24N6O2S/c21-17-2-1-3-18(28-13-10-26-8-11-27-12-9-26)16(17)14-23-20-24-19(25-29-20)15-4-6-22-7-5-15/h1-7H,8-14,21H2,(H,23,24,25). The van der Waals surface area contributed by atoms with Crippen LogP contribution in [0.25, 0.3) is 11.4 Å². The molecular formula is C20H24N6O2S. The first-order chi connectivity index (χ1) is 14.3. The number of pyridine rings is 1. The first kappa shape index (κ1) is 19.6. The number of benzene rings is 1. The Kier molecular flexibility index (Phi) is 6.50. The van der Waals surface area contributed by atoms with Crippen molar-refractivity contribution >= 4 is 22.4 Å². The van der Waals surface area contributed by atoms with Crippen LogP contribution in [0.15, 0.2) is 42.7 Å². The number of ether oxygens (including phenoxy) is 2. The molecule has 3 heterocycles. The van der Waals surface area contributed by atoms with Crippen molar-refractivity contribution in [2.75, 3.05) is 50.5 Å². The van der Waals surface area contributed by atoms with Crippen LogP contribution >= 0.6 is 11.5 Å². The SMILES string of the molecule is Nc1cccc(OCCN2CCOCC2)c1CNc1nc(-c2ccncc2)ns1. The predicted octanol–water partition coefficient (Wildman–Crippen LogP) is 2.51. The Morgan fingerprint density at radius 1 is 1.17 bits per heavy atom. The van der Waals surface area contributed by atoms with E-state index >= 15 is 0 Å². The Morgan fingerprint density at radius 2 is 2.00 bits per heavy atom. The summed E-state index contributed by atoms with van der Waals surface area (Å²) in [6, 6.07) is 9.53. The molecule has 0 bridgehead atoms. The van der Waals surface area contributed by atoms with E-state index in [9.17, 15) is 0 Å². The van der Waals surface area contributed by atoms with Crippen LogP contribution in [-0.4, -0.2) is 58.7 Å². The highest BCUT2D eigenvalue weighted by molar-refractivity contribution is 7.09. The van der Waals surface area contributed by atoms with E-state index < -0.39 is 0 Å². The monoisotopic (exact) mass is 412 g/mol. The van der Waals surface area contributed by atoms with Gasteiger partial charge in [0.05, 0.1) is 13.2 Å². The maximum atomic E-state index is 6.21. The van der Waals surface area contributed by atoms with E-state index in [2.05, 4.69) is 24.6 Å². The third kappa shape index (κ3) is 5.20. The highest BCUT2D eigenvalue weighted by Crippen LogP contribution is 2.27. The maximum absolute atomic E-state index is 6.21. The molecular weight excluding hydrogens is 388 g/mol. The molecule has 9 heteroatoms. The van der Waals surface area contributed by atoms with Crippen molar-refractivity contribution in [1.82, 2.24) is 19.2 Å². The van der Waals surface area contributed by atoms with Crippen molar-refractivity contribution in [3.05, 3.63) is 48.3 Å². The number of rotatable bonds is 8. The first-order valence-corrected chi connectivity index (χ1v) is 10.3. The lowest BCUT2D eigenvalue weighted by Crippen LogP contribution is -2.38. The quantitative estimate of drug-likeness (QED) is 0.545. The van der Waals surface area contributed by atoms with Crippen LogP contribution in [0.4, 0.5) is 10.8 Å². The number of nitrogen functional groups attached to an aromatic ring is 1. The topological polar surface area (TPSA) is 98.4 Å². The van der Waals surface area contributed by atoms with E-state index in [1.807, 2.05) is 30.3 Å². The lowest BCUT2D eigenvalue weighted by molar-refractivity contribution is 0.0322. The highest BCUT2D eigenvalue weighted by Gasteiger charge is 2.13. The van der Waals surface area contributed by atoms with Crippen molar-refractivity contribution in [2.45, 2.75) is 6.54 Å². The number of anilines is 2. The van der Waals surface area contributed by atoms with E-state index in [1.165, 1.54) is 11.5 Å². The third-order valence-electron chi connectivity index (χ3n) is 4.72. The molecule has 3 aromatic rings. The molecule has 1 aromatic carbocycles. The summed E-state index contributed by atoms with van der Waals surface area (Å²) in [5.41, 5.74) is 8.77.